The lowest BCUT2D eigenvalue weighted by Crippen LogP contribution is -2.21. The molecule has 0 aliphatic rings. The molecule has 0 saturated heterocycles. The number of ether oxygens (including phenoxy) is 2. The van der Waals surface area contributed by atoms with Gasteiger partial charge in [0.05, 0.1) is 24.4 Å². The number of halogens is 6. The molecule has 16 heteroatoms. The lowest BCUT2D eigenvalue weighted by atomic mass is 10.1. The van der Waals surface area contributed by atoms with Crippen LogP contribution in [0.1, 0.15) is 11.4 Å². The van der Waals surface area contributed by atoms with E-state index >= 15 is 0 Å². The molecule has 0 radical (unpaired) electrons. The minimum atomic E-state index is -5.08. The van der Waals surface area contributed by atoms with Gasteiger partial charge in [-0.3, -0.25) is 0 Å². The average molecular weight is 482 g/mol. The van der Waals surface area contributed by atoms with Gasteiger partial charge in [0.1, 0.15) is 11.3 Å². The number of methoxy groups -OCH3 is 1. The number of H-pyrrole nitrogens is 1. The van der Waals surface area contributed by atoms with Gasteiger partial charge in [-0.15, -0.1) is 0 Å². The number of rotatable bonds is 4. The molecule has 0 amide bonds. The highest BCUT2D eigenvalue weighted by molar-refractivity contribution is 5.97. The first-order chi connectivity index (χ1) is 15.1. The van der Waals surface area contributed by atoms with E-state index in [9.17, 15) is 26.3 Å². The largest absolute Gasteiger partial charge is 0.490 e. The first-order valence-electron chi connectivity index (χ1n) is 8.67. The zero-order valence-corrected chi connectivity index (χ0v) is 17.1. The van der Waals surface area contributed by atoms with Crippen LogP contribution in [0.5, 0.6) is 11.8 Å². The maximum atomic E-state index is 12.3. The van der Waals surface area contributed by atoms with Crippen molar-refractivity contribution in [3.05, 3.63) is 17.6 Å². The Morgan fingerprint density at radius 1 is 1.15 bits per heavy atom. The van der Waals surface area contributed by atoms with Crippen LogP contribution in [0.2, 0.25) is 0 Å². The number of carboxylic acids is 1. The second-order valence-electron chi connectivity index (χ2n) is 6.29. The van der Waals surface area contributed by atoms with Gasteiger partial charge in [0.15, 0.2) is 6.61 Å². The van der Waals surface area contributed by atoms with Gasteiger partial charge in [0.2, 0.25) is 17.7 Å². The summed E-state index contributed by atoms with van der Waals surface area (Å²) in [6.45, 7) is 2.09. The van der Waals surface area contributed by atoms with E-state index in [4.69, 9.17) is 20.4 Å². The van der Waals surface area contributed by atoms with E-state index in [1.807, 2.05) is 0 Å². The lowest BCUT2D eigenvalue weighted by molar-refractivity contribution is -0.192. The van der Waals surface area contributed by atoms with Gasteiger partial charge < -0.3 is 25.3 Å². The summed E-state index contributed by atoms with van der Waals surface area (Å²) in [5.41, 5.74) is 8.46. The number of aryl methyl sites for hydroxylation is 2. The highest BCUT2D eigenvalue weighted by Gasteiger charge is 2.38. The number of nitrogens with zero attached hydrogens (tertiary/aromatic N) is 4. The number of hydrogen-bond acceptors (Lipinski definition) is 8. The van der Waals surface area contributed by atoms with Crippen LogP contribution in [0, 0.1) is 13.8 Å². The molecule has 0 spiro atoms. The summed E-state index contributed by atoms with van der Waals surface area (Å²) in [4.78, 5) is 28.4. The fraction of sp³-hybridized carbons (Fsp3) is 0.353. The second-order valence-corrected chi connectivity index (χ2v) is 6.29. The number of hydrogen-bond donors (Lipinski definition) is 3. The predicted octanol–water partition coefficient (Wildman–Crippen LogP) is 3.20. The van der Waals surface area contributed by atoms with Crippen molar-refractivity contribution in [1.29, 1.82) is 0 Å². The molecule has 0 fully saturated rings. The number of nitrogen functional groups attached to an aromatic ring is 1. The number of carboxylic acid groups (broad SMARTS) is 1. The van der Waals surface area contributed by atoms with Crippen LogP contribution in [0.15, 0.2) is 6.20 Å². The minimum absolute atomic E-state index is 0.0184. The molecule has 3 aromatic rings. The Labute approximate surface area is 180 Å². The number of aromatic amines is 1. The third-order valence-corrected chi connectivity index (χ3v) is 3.81. The van der Waals surface area contributed by atoms with Crippen molar-refractivity contribution >= 4 is 23.0 Å². The molecular formula is C17H16F6N6O4. The lowest BCUT2D eigenvalue weighted by Gasteiger charge is -2.11. The standard InChI is InChI=1S/C15H15F3N6O2.C2HF3O2/c1-6-9(10-7(2)22-14(19)24-12(10)21-6)11-13(25-3)23-8(4-20-11)26-5-15(16,17)18;3-2(4,5)1(6)7/h4H,5H2,1-3H3,(H3,19,21,22,24);(H,6,7). The number of alkyl halides is 6. The maximum Gasteiger partial charge on any atom is 0.490 e. The van der Waals surface area contributed by atoms with Gasteiger partial charge in [-0.1, -0.05) is 0 Å². The SMILES string of the molecule is COc1nc(OCC(F)(F)F)cnc1-c1c(C)[nH]c2nc(N)nc(C)c12.O=C(O)C(F)(F)F. The molecule has 10 nitrogen and oxygen atoms in total. The number of aliphatic carboxylic acids is 1. The summed E-state index contributed by atoms with van der Waals surface area (Å²) in [6, 6.07) is 0. The average Bonchev–Trinajstić information content (AvgIpc) is 3.01. The number of carbonyl (C=O) groups is 1. The predicted molar refractivity (Wildman–Crippen MR) is 101 cm³/mol. The van der Waals surface area contributed by atoms with Crippen molar-refractivity contribution < 1.29 is 45.7 Å². The Morgan fingerprint density at radius 3 is 2.27 bits per heavy atom. The molecule has 0 unspecified atom stereocenters. The van der Waals surface area contributed by atoms with E-state index in [2.05, 4.69) is 29.7 Å². The van der Waals surface area contributed by atoms with Crippen molar-refractivity contribution in [3.8, 4) is 23.0 Å². The molecule has 3 rings (SSSR count). The summed E-state index contributed by atoms with van der Waals surface area (Å²) >= 11 is 0. The van der Waals surface area contributed by atoms with Gasteiger partial charge in [-0.25, -0.2) is 14.8 Å². The summed E-state index contributed by atoms with van der Waals surface area (Å²) in [5.74, 6) is -2.91. The van der Waals surface area contributed by atoms with Crippen LogP contribution < -0.4 is 15.2 Å². The Kier molecular flexibility index (Phi) is 7.19. The monoisotopic (exact) mass is 482 g/mol. The van der Waals surface area contributed by atoms with Crippen molar-refractivity contribution in [3.63, 3.8) is 0 Å². The topological polar surface area (TPSA) is 149 Å². The van der Waals surface area contributed by atoms with Crippen LogP contribution in [-0.4, -0.2) is 62.1 Å². The molecule has 0 atom stereocenters. The summed E-state index contributed by atoms with van der Waals surface area (Å²) in [5, 5.41) is 7.80. The van der Waals surface area contributed by atoms with E-state index in [1.165, 1.54) is 7.11 Å². The molecule has 0 aliphatic heterocycles. The number of nitrogens with two attached hydrogens (primary N) is 1. The number of nitrogens with one attached hydrogen (secondary N) is 1. The van der Waals surface area contributed by atoms with Crippen molar-refractivity contribution in [1.82, 2.24) is 24.9 Å². The fourth-order valence-electron chi connectivity index (χ4n) is 2.60. The van der Waals surface area contributed by atoms with Gasteiger partial charge in [-0.05, 0) is 13.8 Å². The summed E-state index contributed by atoms with van der Waals surface area (Å²) in [7, 11) is 1.34. The fourth-order valence-corrected chi connectivity index (χ4v) is 2.60. The van der Waals surface area contributed by atoms with Crippen molar-refractivity contribution in [2.75, 3.05) is 19.5 Å². The zero-order chi connectivity index (χ0) is 25.1. The zero-order valence-electron chi connectivity index (χ0n) is 17.1. The first-order valence-corrected chi connectivity index (χ1v) is 8.67. The van der Waals surface area contributed by atoms with Crippen molar-refractivity contribution in [2.45, 2.75) is 26.2 Å². The van der Waals surface area contributed by atoms with Crippen LogP contribution in [0.3, 0.4) is 0 Å². The molecule has 0 bridgehead atoms. The van der Waals surface area contributed by atoms with E-state index in [-0.39, 0.29) is 17.7 Å². The summed E-state index contributed by atoms with van der Waals surface area (Å²) < 4.78 is 78.4. The van der Waals surface area contributed by atoms with E-state index in [1.54, 1.807) is 13.8 Å². The number of aromatic nitrogens is 5. The quantitative estimate of drug-likeness (QED) is 0.477. The molecular weight excluding hydrogens is 466 g/mol. The maximum absolute atomic E-state index is 12.3. The van der Waals surface area contributed by atoms with Gasteiger partial charge >= 0.3 is 18.3 Å². The molecule has 180 valence electrons. The second kappa shape index (κ2) is 9.33. The molecule has 3 aromatic heterocycles. The third kappa shape index (κ3) is 6.33. The Balaban J connectivity index is 0.000000479. The highest BCUT2D eigenvalue weighted by Crippen LogP contribution is 2.37. The van der Waals surface area contributed by atoms with Crippen LogP contribution >= 0.6 is 0 Å². The molecule has 4 N–H and O–H groups in total. The van der Waals surface area contributed by atoms with E-state index in [0.29, 0.717) is 33.7 Å². The first kappa shape index (κ1) is 25.4. The van der Waals surface area contributed by atoms with Crippen LogP contribution in [0.25, 0.3) is 22.3 Å². The Hall–Kier alpha value is -3.85. The van der Waals surface area contributed by atoms with E-state index in [0.717, 1.165) is 6.20 Å². The Bertz CT molecular complexity index is 1160. The normalized spacial score (nSPS) is 11.7. The number of fused-ring (bicyclic) bond motifs is 1. The van der Waals surface area contributed by atoms with Gasteiger partial charge in [0.25, 0.3) is 0 Å². The van der Waals surface area contributed by atoms with Crippen LogP contribution in [-0.2, 0) is 4.79 Å². The van der Waals surface area contributed by atoms with E-state index < -0.39 is 24.9 Å². The van der Waals surface area contributed by atoms with Crippen molar-refractivity contribution in [2.24, 2.45) is 0 Å². The third-order valence-electron chi connectivity index (χ3n) is 3.81. The smallest absolute Gasteiger partial charge is 0.479 e. The Morgan fingerprint density at radius 2 is 1.76 bits per heavy atom. The molecule has 0 saturated carbocycles. The van der Waals surface area contributed by atoms with Crippen LogP contribution in [0.4, 0.5) is 32.3 Å². The molecule has 0 aromatic carbocycles. The molecule has 33 heavy (non-hydrogen) atoms. The van der Waals surface area contributed by atoms with Gasteiger partial charge in [-0.2, -0.15) is 36.3 Å². The minimum Gasteiger partial charge on any atom is -0.479 e. The van der Waals surface area contributed by atoms with Gasteiger partial charge in [0, 0.05) is 11.3 Å². The molecule has 3 heterocycles. The highest BCUT2D eigenvalue weighted by atomic mass is 19.4. The number of anilines is 1. The summed E-state index contributed by atoms with van der Waals surface area (Å²) in [6.07, 6.45) is -8.45. The molecule has 0 aliphatic carbocycles.